The largest absolute Gasteiger partial charge is 0.410 e. The second kappa shape index (κ2) is 13.5. The van der Waals surface area contributed by atoms with Crippen LogP contribution < -0.4 is 0 Å². The molecule has 16 heavy (non-hydrogen) atoms. The topological polar surface area (TPSA) is 37.0 Å². The van der Waals surface area contributed by atoms with E-state index in [0.29, 0.717) is 5.56 Å². The summed E-state index contributed by atoms with van der Waals surface area (Å²) in [7, 11) is 1.42. The van der Waals surface area contributed by atoms with Gasteiger partial charge < -0.3 is 10.1 Å². The van der Waals surface area contributed by atoms with E-state index in [0.717, 1.165) is 0 Å². The van der Waals surface area contributed by atoms with Crippen molar-refractivity contribution in [1.82, 2.24) is 0 Å². The molecule has 0 unspecified atom stereocenters. The van der Waals surface area contributed by atoms with Gasteiger partial charge in [-0.1, -0.05) is 67.4 Å². The van der Waals surface area contributed by atoms with Gasteiger partial charge >= 0.3 is 0 Å². The highest BCUT2D eigenvalue weighted by molar-refractivity contribution is 6.69. The molecule has 0 atom stereocenters. The molecular formula is C12H17ClN2O. The van der Waals surface area contributed by atoms with E-state index in [1.54, 1.807) is 12.1 Å². The highest BCUT2D eigenvalue weighted by atomic mass is 35.5. The van der Waals surface area contributed by atoms with Crippen LogP contribution >= 0.6 is 11.6 Å². The summed E-state index contributed by atoms with van der Waals surface area (Å²) in [4.78, 5) is 2.75. The number of oxime groups is 1. The summed E-state index contributed by atoms with van der Waals surface area (Å²) >= 11 is 5.49. The molecular weight excluding hydrogens is 224 g/mol. The molecule has 1 N–H and O–H groups in total. The Hall–Kier alpha value is -1.53. The van der Waals surface area contributed by atoms with Gasteiger partial charge in [-0.2, -0.15) is 0 Å². The van der Waals surface area contributed by atoms with Crippen molar-refractivity contribution in [3.63, 3.8) is 0 Å². The summed E-state index contributed by atoms with van der Waals surface area (Å²) in [6.07, 6.45) is 1.25. The van der Waals surface area contributed by atoms with Crippen LogP contribution in [0.5, 0.6) is 0 Å². The molecule has 88 valence electrons. The normalized spacial score (nSPS) is 8.81. The van der Waals surface area contributed by atoms with Crippen LogP contribution in [0.1, 0.15) is 25.8 Å². The van der Waals surface area contributed by atoms with Gasteiger partial charge in [0.25, 0.3) is 0 Å². The smallest absolute Gasteiger partial charge is 0.205 e. The second-order valence-electron chi connectivity index (χ2n) is 2.69. The first kappa shape index (κ1) is 16.9. The molecule has 0 saturated heterocycles. The van der Waals surface area contributed by atoms with Gasteiger partial charge in [-0.05, 0) is 0 Å². The summed E-state index contributed by atoms with van der Waals surface area (Å²) in [5.41, 5.74) is 0.715. The third kappa shape index (κ3) is 10.6. The SMILES string of the molecule is CCC.O/N=C(/Cl)c1ccccc1.[C-]#[N+]C. The van der Waals surface area contributed by atoms with Crippen LogP contribution in [-0.4, -0.2) is 17.4 Å². The van der Waals surface area contributed by atoms with Crippen molar-refractivity contribution in [3.05, 3.63) is 47.3 Å². The van der Waals surface area contributed by atoms with Crippen molar-refractivity contribution >= 4 is 16.8 Å². The first-order valence-electron chi connectivity index (χ1n) is 4.86. The Morgan fingerprint density at radius 2 is 1.75 bits per heavy atom. The van der Waals surface area contributed by atoms with Crippen molar-refractivity contribution < 1.29 is 5.21 Å². The van der Waals surface area contributed by atoms with Crippen LogP contribution in [-0.2, 0) is 0 Å². The summed E-state index contributed by atoms with van der Waals surface area (Å²) in [5.74, 6) is 0. The zero-order chi connectivity index (χ0) is 12.8. The lowest BCUT2D eigenvalue weighted by Crippen LogP contribution is -1.88. The quantitative estimate of drug-likeness (QED) is 0.342. The fourth-order valence-corrected chi connectivity index (χ4v) is 0.759. The minimum atomic E-state index is 0.112. The Kier molecular flexibility index (Phi) is 14.2. The van der Waals surface area contributed by atoms with E-state index in [1.807, 2.05) is 18.2 Å². The molecule has 0 aromatic heterocycles. The molecule has 3 nitrogen and oxygen atoms in total. The highest BCUT2D eigenvalue weighted by Crippen LogP contribution is 2.02. The highest BCUT2D eigenvalue weighted by Gasteiger charge is 1.95. The molecule has 0 heterocycles. The van der Waals surface area contributed by atoms with Gasteiger partial charge in [0.2, 0.25) is 7.05 Å². The lowest BCUT2D eigenvalue weighted by molar-refractivity contribution is 0.321. The number of rotatable bonds is 1. The fraction of sp³-hybridized carbons (Fsp3) is 0.333. The lowest BCUT2D eigenvalue weighted by atomic mass is 10.2. The van der Waals surface area contributed by atoms with Gasteiger partial charge in [0.15, 0.2) is 5.17 Å². The number of hydrogen-bond donors (Lipinski definition) is 1. The van der Waals surface area contributed by atoms with Crippen molar-refractivity contribution in [1.29, 1.82) is 0 Å². The fourth-order valence-electron chi connectivity index (χ4n) is 0.633. The van der Waals surface area contributed by atoms with E-state index in [9.17, 15) is 0 Å². The van der Waals surface area contributed by atoms with Crippen LogP contribution in [0, 0.1) is 6.57 Å². The minimum absolute atomic E-state index is 0.112. The number of hydrogen-bond acceptors (Lipinski definition) is 2. The molecule has 1 aromatic rings. The molecule has 0 radical (unpaired) electrons. The Morgan fingerprint density at radius 1 is 1.38 bits per heavy atom. The van der Waals surface area contributed by atoms with Crippen LogP contribution in [0.15, 0.2) is 35.5 Å². The van der Waals surface area contributed by atoms with Gasteiger partial charge in [-0.25, -0.2) is 6.57 Å². The summed E-state index contributed by atoms with van der Waals surface area (Å²) in [5, 5.41) is 11.2. The third-order valence-electron chi connectivity index (χ3n) is 1.10. The third-order valence-corrected chi connectivity index (χ3v) is 1.39. The molecule has 0 spiro atoms. The predicted molar refractivity (Wildman–Crippen MR) is 69.1 cm³/mol. The maximum absolute atomic E-state index is 8.24. The number of halogens is 1. The Balaban J connectivity index is 0. The zero-order valence-electron chi connectivity index (χ0n) is 9.81. The van der Waals surface area contributed by atoms with Gasteiger partial charge in [0.05, 0.1) is 0 Å². The Bertz CT molecular complexity index is 318. The van der Waals surface area contributed by atoms with Crippen LogP contribution in [0.3, 0.4) is 0 Å². The minimum Gasteiger partial charge on any atom is -0.410 e. The van der Waals surface area contributed by atoms with Gasteiger partial charge in [-0.3, -0.25) is 0 Å². The molecule has 1 aromatic carbocycles. The van der Waals surface area contributed by atoms with Crippen LogP contribution in [0.4, 0.5) is 0 Å². The van der Waals surface area contributed by atoms with E-state index in [1.165, 1.54) is 13.5 Å². The van der Waals surface area contributed by atoms with E-state index in [-0.39, 0.29) is 5.17 Å². The molecule has 0 aliphatic carbocycles. The van der Waals surface area contributed by atoms with E-state index in [2.05, 4.69) is 23.8 Å². The van der Waals surface area contributed by atoms with Crippen molar-refractivity contribution in [2.45, 2.75) is 20.3 Å². The predicted octanol–water partition coefficient (Wildman–Crippen LogP) is 4.01. The monoisotopic (exact) mass is 240 g/mol. The first-order chi connectivity index (χ1) is 7.67. The molecule has 0 bridgehead atoms. The maximum Gasteiger partial charge on any atom is 0.205 e. The molecule has 0 aliphatic heterocycles. The van der Waals surface area contributed by atoms with E-state index >= 15 is 0 Å². The van der Waals surface area contributed by atoms with Crippen LogP contribution in [0.25, 0.3) is 4.85 Å². The van der Waals surface area contributed by atoms with Gasteiger partial charge in [0, 0.05) is 5.56 Å². The van der Waals surface area contributed by atoms with Gasteiger partial charge in [-0.15, -0.1) is 0 Å². The lowest BCUT2D eigenvalue weighted by Gasteiger charge is -1.91. The maximum atomic E-state index is 8.24. The second-order valence-corrected chi connectivity index (χ2v) is 3.05. The van der Waals surface area contributed by atoms with Crippen LogP contribution in [0.2, 0.25) is 0 Å². The molecule has 0 fully saturated rings. The Labute approximate surface area is 102 Å². The average molecular weight is 241 g/mol. The molecule has 4 heteroatoms. The van der Waals surface area contributed by atoms with E-state index in [4.69, 9.17) is 23.4 Å². The molecule has 1 rings (SSSR count). The molecule has 0 saturated carbocycles. The zero-order valence-corrected chi connectivity index (χ0v) is 10.6. The molecule has 0 amide bonds. The summed E-state index contributed by atoms with van der Waals surface area (Å²) in [6, 6.07) is 9.04. The van der Waals surface area contributed by atoms with Crippen molar-refractivity contribution in [3.8, 4) is 0 Å². The van der Waals surface area contributed by atoms with Crippen molar-refractivity contribution in [2.24, 2.45) is 5.16 Å². The number of nitrogens with zero attached hydrogens (tertiary/aromatic N) is 2. The summed E-state index contributed by atoms with van der Waals surface area (Å²) < 4.78 is 0. The molecule has 0 aliphatic rings. The van der Waals surface area contributed by atoms with Crippen molar-refractivity contribution in [2.75, 3.05) is 7.05 Å². The average Bonchev–Trinajstić information content (AvgIpc) is 2.31. The first-order valence-corrected chi connectivity index (χ1v) is 5.24. The van der Waals surface area contributed by atoms with E-state index < -0.39 is 0 Å². The Morgan fingerprint density at radius 3 is 2.06 bits per heavy atom. The standard InChI is InChI=1S/C7H6ClNO.C3H8.C2H3N/c8-7(9-10)6-4-2-1-3-5-6;2*1-3-2/h1-5,10H;3H2,1-2H3;1H3/b9-7+;;. The number of benzene rings is 1. The van der Waals surface area contributed by atoms with Gasteiger partial charge in [0.1, 0.15) is 0 Å². The summed E-state index contributed by atoms with van der Waals surface area (Å²) in [6.45, 7) is 10.1.